The molecular formula is C15H24N4O2. The summed E-state index contributed by atoms with van der Waals surface area (Å²) in [6.45, 7) is 4.67. The molecule has 0 bridgehead atoms. The van der Waals surface area contributed by atoms with Crippen LogP contribution in [0.2, 0.25) is 0 Å². The van der Waals surface area contributed by atoms with Gasteiger partial charge in [-0.15, -0.1) is 0 Å². The molecule has 0 aromatic heterocycles. The molecule has 1 aliphatic heterocycles. The number of nitrogens with one attached hydrogen (secondary N) is 2. The Morgan fingerprint density at radius 3 is 2.62 bits per heavy atom. The SMILES string of the molecule is CCNc1cc(NCC2CCCCN2C)cc([N+](=O)[O-])c1. The molecule has 1 aromatic rings. The first-order chi connectivity index (χ1) is 10.1. The van der Waals surface area contributed by atoms with Gasteiger partial charge in [0.2, 0.25) is 0 Å². The fourth-order valence-electron chi connectivity index (χ4n) is 2.76. The molecular weight excluding hydrogens is 268 g/mol. The normalized spacial score (nSPS) is 19.2. The average Bonchev–Trinajstić information content (AvgIpc) is 2.46. The number of hydrogen-bond donors (Lipinski definition) is 2. The lowest BCUT2D eigenvalue weighted by atomic mass is 10.0. The second kappa shape index (κ2) is 7.26. The topological polar surface area (TPSA) is 70.4 Å². The highest BCUT2D eigenvalue weighted by Crippen LogP contribution is 2.25. The quantitative estimate of drug-likeness (QED) is 0.623. The zero-order valence-corrected chi connectivity index (χ0v) is 12.8. The van der Waals surface area contributed by atoms with Crippen molar-refractivity contribution >= 4 is 17.1 Å². The van der Waals surface area contributed by atoms with E-state index in [-0.39, 0.29) is 10.6 Å². The molecule has 2 N–H and O–H groups in total. The van der Waals surface area contributed by atoms with E-state index in [1.165, 1.54) is 19.3 Å². The number of likely N-dealkylation sites (tertiary alicyclic amines) is 1. The molecule has 0 saturated carbocycles. The number of anilines is 2. The van der Waals surface area contributed by atoms with Crippen LogP contribution in [0.25, 0.3) is 0 Å². The van der Waals surface area contributed by atoms with E-state index in [0.29, 0.717) is 6.04 Å². The number of rotatable bonds is 6. The fraction of sp³-hybridized carbons (Fsp3) is 0.600. The first-order valence-corrected chi connectivity index (χ1v) is 7.57. The summed E-state index contributed by atoms with van der Waals surface area (Å²) in [5, 5.41) is 17.5. The maximum Gasteiger partial charge on any atom is 0.273 e. The molecule has 0 amide bonds. The standard InChI is InChI=1S/C15H24N4O2/c1-3-16-12-8-13(10-15(9-12)19(20)21)17-11-14-6-4-5-7-18(14)2/h8-10,14,16-17H,3-7,11H2,1-2H3. The Balaban J connectivity index is 2.05. The molecule has 6 heteroatoms. The lowest BCUT2D eigenvalue weighted by molar-refractivity contribution is -0.384. The Hall–Kier alpha value is -1.82. The molecule has 1 fully saturated rings. The van der Waals surface area contributed by atoms with Crippen LogP contribution in [0.1, 0.15) is 26.2 Å². The van der Waals surface area contributed by atoms with E-state index in [0.717, 1.165) is 31.0 Å². The monoisotopic (exact) mass is 292 g/mol. The van der Waals surface area contributed by atoms with Crippen molar-refractivity contribution < 1.29 is 4.92 Å². The van der Waals surface area contributed by atoms with Crippen molar-refractivity contribution in [1.29, 1.82) is 0 Å². The van der Waals surface area contributed by atoms with Gasteiger partial charge in [0.15, 0.2) is 0 Å². The van der Waals surface area contributed by atoms with Gasteiger partial charge in [-0.05, 0) is 39.4 Å². The number of benzene rings is 1. The van der Waals surface area contributed by atoms with Crippen LogP contribution in [-0.2, 0) is 0 Å². The second-order valence-electron chi connectivity index (χ2n) is 5.57. The molecule has 1 atom stereocenters. The van der Waals surface area contributed by atoms with Gasteiger partial charge in [-0.1, -0.05) is 6.42 Å². The number of nitrogens with zero attached hydrogens (tertiary/aromatic N) is 2. The summed E-state index contributed by atoms with van der Waals surface area (Å²) in [5.41, 5.74) is 1.71. The summed E-state index contributed by atoms with van der Waals surface area (Å²) >= 11 is 0. The Morgan fingerprint density at radius 1 is 1.29 bits per heavy atom. The summed E-state index contributed by atoms with van der Waals surface area (Å²) in [6, 6.07) is 5.60. The Morgan fingerprint density at radius 2 is 2.00 bits per heavy atom. The molecule has 21 heavy (non-hydrogen) atoms. The highest BCUT2D eigenvalue weighted by atomic mass is 16.6. The summed E-state index contributed by atoms with van der Waals surface area (Å²) in [6.07, 6.45) is 3.70. The average molecular weight is 292 g/mol. The summed E-state index contributed by atoms with van der Waals surface area (Å²) < 4.78 is 0. The third kappa shape index (κ3) is 4.32. The van der Waals surface area contributed by atoms with Crippen molar-refractivity contribution in [2.45, 2.75) is 32.2 Å². The third-order valence-corrected chi connectivity index (χ3v) is 3.97. The van der Waals surface area contributed by atoms with E-state index in [4.69, 9.17) is 0 Å². The molecule has 1 unspecified atom stereocenters. The molecule has 1 aliphatic rings. The van der Waals surface area contributed by atoms with Gasteiger partial charge in [0.05, 0.1) is 4.92 Å². The fourth-order valence-corrected chi connectivity index (χ4v) is 2.76. The predicted molar refractivity (Wildman–Crippen MR) is 86.0 cm³/mol. The third-order valence-electron chi connectivity index (χ3n) is 3.97. The number of hydrogen-bond acceptors (Lipinski definition) is 5. The Kier molecular flexibility index (Phi) is 5.38. The zero-order valence-electron chi connectivity index (χ0n) is 12.8. The Bertz CT molecular complexity index is 493. The summed E-state index contributed by atoms with van der Waals surface area (Å²) in [5.74, 6) is 0. The van der Waals surface area contributed by atoms with Crippen LogP contribution in [0, 0.1) is 10.1 Å². The molecule has 1 heterocycles. The zero-order chi connectivity index (χ0) is 15.2. The minimum Gasteiger partial charge on any atom is -0.385 e. The van der Waals surface area contributed by atoms with Crippen LogP contribution in [0.4, 0.5) is 17.1 Å². The van der Waals surface area contributed by atoms with E-state index < -0.39 is 0 Å². The van der Waals surface area contributed by atoms with Crippen molar-refractivity contribution in [3.63, 3.8) is 0 Å². The second-order valence-corrected chi connectivity index (χ2v) is 5.57. The van der Waals surface area contributed by atoms with Crippen molar-refractivity contribution in [1.82, 2.24) is 4.90 Å². The molecule has 0 aliphatic carbocycles. The molecule has 2 rings (SSSR count). The van der Waals surface area contributed by atoms with Gasteiger partial charge in [-0.3, -0.25) is 10.1 Å². The molecule has 1 saturated heterocycles. The van der Waals surface area contributed by atoms with Gasteiger partial charge in [-0.25, -0.2) is 0 Å². The van der Waals surface area contributed by atoms with Crippen LogP contribution in [0.5, 0.6) is 0 Å². The van der Waals surface area contributed by atoms with Crippen molar-refractivity contribution in [3.8, 4) is 0 Å². The number of likely N-dealkylation sites (N-methyl/N-ethyl adjacent to an activating group) is 1. The number of piperidine rings is 1. The van der Waals surface area contributed by atoms with Crippen LogP contribution < -0.4 is 10.6 Å². The number of nitro groups is 1. The van der Waals surface area contributed by atoms with Crippen LogP contribution in [0.3, 0.4) is 0 Å². The van der Waals surface area contributed by atoms with Gasteiger partial charge >= 0.3 is 0 Å². The van der Waals surface area contributed by atoms with E-state index in [2.05, 4.69) is 22.6 Å². The minimum absolute atomic E-state index is 0.118. The van der Waals surface area contributed by atoms with Crippen molar-refractivity contribution in [2.24, 2.45) is 0 Å². The molecule has 116 valence electrons. The predicted octanol–water partition coefficient (Wildman–Crippen LogP) is 2.92. The molecule has 0 radical (unpaired) electrons. The van der Waals surface area contributed by atoms with Crippen LogP contribution >= 0.6 is 0 Å². The number of non-ortho nitro benzene ring substituents is 1. The van der Waals surface area contributed by atoms with Gasteiger partial charge in [0.1, 0.15) is 0 Å². The lowest BCUT2D eigenvalue weighted by Gasteiger charge is -2.32. The van der Waals surface area contributed by atoms with Crippen molar-refractivity contribution in [3.05, 3.63) is 28.3 Å². The summed E-state index contributed by atoms with van der Waals surface area (Å²) in [4.78, 5) is 13.0. The largest absolute Gasteiger partial charge is 0.385 e. The lowest BCUT2D eigenvalue weighted by Crippen LogP contribution is -2.40. The molecule has 1 aromatic carbocycles. The van der Waals surface area contributed by atoms with E-state index in [1.807, 2.05) is 13.0 Å². The number of nitro benzene ring substituents is 1. The first kappa shape index (κ1) is 15.6. The smallest absolute Gasteiger partial charge is 0.273 e. The molecule has 6 nitrogen and oxygen atoms in total. The maximum atomic E-state index is 11.0. The van der Waals surface area contributed by atoms with E-state index >= 15 is 0 Å². The maximum absolute atomic E-state index is 11.0. The summed E-state index contributed by atoms with van der Waals surface area (Å²) in [7, 11) is 2.14. The van der Waals surface area contributed by atoms with Gasteiger partial charge < -0.3 is 15.5 Å². The van der Waals surface area contributed by atoms with Crippen molar-refractivity contribution in [2.75, 3.05) is 37.3 Å². The molecule has 0 spiro atoms. The highest BCUT2D eigenvalue weighted by Gasteiger charge is 2.18. The van der Waals surface area contributed by atoms with Gasteiger partial charge in [0, 0.05) is 42.6 Å². The van der Waals surface area contributed by atoms with Gasteiger partial charge in [0.25, 0.3) is 5.69 Å². The van der Waals surface area contributed by atoms with Crippen LogP contribution in [0.15, 0.2) is 18.2 Å². The highest BCUT2D eigenvalue weighted by molar-refractivity contribution is 5.63. The van der Waals surface area contributed by atoms with E-state index in [9.17, 15) is 10.1 Å². The van der Waals surface area contributed by atoms with Gasteiger partial charge in [-0.2, -0.15) is 0 Å². The minimum atomic E-state index is -0.348. The first-order valence-electron chi connectivity index (χ1n) is 7.57. The Labute approximate surface area is 125 Å². The van der Waals surface area contributed by atoms with E-state index in [1.54, 1.807) is 12.1 Å². The van der Waals surface area contributed by atoms with Crippen LogP contribution in [-0.4, -0.2) is 42.5 Å².